The van der Waals surface area contributed by atoms with Gasteiger partial charge in [0, 0.05) is 6.42 Å². The fourth-order valence-electron chi connectivity index (χ4n) is 9.48. The SMILES string of the molecule is CCCCCCC/C=C\C/C=C\C/C=C\CCCCCCCCCCCCC(=O)NC(COC1OC(CO)C(O)C(O)C1O)C(O)/C=C/CC/C=C/CCCCCCCCCCCCCCCCCCCC. The number of allylic oxidation sites excluding steroid dienone is 9. The highest BCUT2D eigenvalue weighted by Gasteiger charge is 2.44. The van der Waals surface area contributed by atoms with Gasteiger partial charge < -0.3 is 40.3 Å². The lowest BCUT2D eigenvalue weighted by atomic mass is 9.99. The van der Waals surface area contributed by atoms with Gasteiger partial charge in [-0.25, -0.2) is 0 Å². The maximum Gasteiger partial charge on any atom is 0.220 e. The first-order valence-electron chi connectivity index (χ1n) is 30.5. The zero-order valence-corrected chi connectivity index (χ0v) is 46.7. The Balaban J connectivity index is 2.24. The van der Waals surface area contributed by atoms with Crippen LogP contribution in [0.4, 0.5) is 0 Å². The van der Waals surface area contributed by atoms with Crippen molar-refractivity contribution in [2.45, 2.75) is 320 Å². The van der Waals surface area contributed by atoms with Gasteiger partial charge in [-0.15, -0.1) is 0 Å². The maximum atomic E-state index is 13.1. The van der Waals surface area contributed by atoms with Gasteiger partial charge in [0.05, 0.1) is 25.4 Å². The van der Waals surface area contributed by atoms with Crippen molar-refractivity contribution in [3.05, 3.63) is 60.8 Å². The fraction of sp³-hybridized carbons (Fsp3) is 0.825. The van der Waals surface area contributed by atoms with Gasteiger partial charge in [-0.3, -0.25) is 4.79 Å². The number of rotatable bonds is 52. The average molecular weight is 1010 g/mol. The Kier molecular flexibility index (Phi) is 49.4. The maximum absolute atomic E-state index is 13.1. The van der Waals surface area contributed by atoms with Crippen LogP contribution in [0.2, 0.25) is 0 Å². The number of aliphatic hydroxyl groups excluding tert-OH is 5. The molecular formula is C63H115NO8. The fourth-order valence-corrected chi connectivity index (χ4v) is 9.48. The lowest BCUT2D eigenvalue weighted by Gasteiger charge is -2.40. The molecule has 0 aromatic rings. The zero-order valence-electron chi connectivity index (χ0n) is 46.7. The third-order valence-corrected chi connectivity index (χ3v) is 14.3. The Morgan fingerprint density at radius 1 is 0.472 bits per heavy atom. The summed E-state index contributed by atoms with van der Waals surface area (Å²) in [4.78, 5) is 13.1. The third kappa shape index (κ3) is 41.2. The Labute approximate surface area is 443 Å². The second-order valence-electron chi connectivity index (χ2n) is 21.1. The summed E-state index contributed by atoms with van der Waals surface area (Å²) in [5, 5.41) is 54.6. The first kappa shape index (κ1) is 67.9. The highest BCUT2D eigenvalue weighted by molar-refractivity contribution is 5.76. The van der Waals surface area contributed by atoms with Gasteiger partial charge in [0.1, 0.15) is 24.4 Å². The van der Waals surface area contributed by atoms with E-state index in [4.69, 9.17) is 9.47 Å². The van der Waals surface area contributed by atoms with Crippen molar-refractivity contribution in [3.63, 3.8) is 0 Å². The molecule has 0 aliphatic carbocycles. The van der Waals surface area contributed by atoms with Gasteiger partial charge in [0.15, 0.2) is 6.29 Å². The minimum Gasteiger partial charge on any atom is -0.394 e. The predicted octanol–water partition coefficient (Wildman–Crippen LogP) is 15.5. The van der Waals surface area contributed by atoms with Gasteiger partial charge in [-0.2, -0.15) is 0 Å². The van der Waals surface area contributed by atoms with Crippen LogP contribution >= 0.6 is 0 Å². The van der Waals surface area contributed by atoms with Crippen molar-refractivity contribution in [2.75, 3.05) is 13.2 Å². The molecule has 1 aliphatic rings. The van der Waals surface area contributed by atoms with Crippen molar-refractivity contribution in [3.8, 4) is 0 Å². The van der Waals surface area contributed by atoms with Gasteiger partial charge in [0.25, 0.3) is 0 Å². The summed E-state index contributed by atoms with van der Waals surface area (Å²) in [5.41, 5.74) is 0. The number of nitrogens with one attached hydrogen (secondary N) is 1. The molecule has 1 amide bonds. The van der Waals surface area contributed by atoms with E-state index in [0.717, 1.165) is 51.4 Å². The van der Waals surface area contributed by atoms with Crippen LogP contribution in [0.25, 0.3) is 0 Å². The molecule has 0 saturated carbocycles. The number of amides is 1. The summed E-state index contributed by atoms with van der Waals surface area (Å²) in [6.07, 6.45) is 64.3. The molecule has 7 unspecified atom stereocenters. The van der Waals surface area contributed by atoms with Crippen LogP contribution < -0.4 is 5.32 Å². The van der Waals surface area contributed by atoms with E-state index in [-0.39, 0.29) is 12.5 Å². The normalized spacial score (nSPS) is 19.6. The summed E-state index contributed by atoms with van der Waals surface area (Å²) in [7, 11) is 0. The average Bonchev–Trinajstić information content (AvgIpc) is 3.38. The molecule has 0 radical (unpaired) electrons. The summed E-state index contributed by atoms with van der Waals surface area (Å²) in [6.45, 7) is 3.77. The molecule has 1 saturated heterocycles. The van der Waals surface area contributed by atoms with Crippen LogP contribution in [0, 0.1) is 0 Å². The molecule has 9 heteroatoms. The first-order chi connectivity index (χ1) is 35.3. The Morgan fingerprint density at radius 2 is 0.833 bits per heavy atom. The second-order valence-corrected chi connectivity index (χ2v) is 21.1. The number of carbonyl (C=O) groups is 1. The smallest absolute Gasteiger partial charge is 0.220 e. The molecule has 1 fully saturated rings. The number of hydrogen-bond acceptors (Lipinski definition) is 8. The van der Waals surface area contributed by atoms with Gasteiger partial charge in [0.2, 0.25) is 5.91 Å². The molecule has 0 bridgehead atoms. The minimum absolute atomic E-state index is 0.190. The molecule has 6 N–H and O–H groups in total. The van der Waals surface area contributed by atoms with Crippen LogP contribution in [0.3, 0.4) is 0 Å². The monoisotopic (exact) mass is 1010 g/mol. The van der Waals surface area contributed by atoms with Crippen LogP contribution in [-0.2, 0) is 14.3 Å². The standard InChI is InChI=1S/C63H115NO8/c1-3-5-7-9-11-13-15-17-19-21-23-25-27-29-31-33-35-37-39-41-43-45-47-49-51-53-59(67)64-56(55-71-63-62(70)61(69)60(68)58(54-65)72-63)57(66)52-50-48-46-44-42-40-38-36-34-32-30-28-26-24-22-20-18-16-14-12-10-8-6-4-2/h15,17,21,23,27,29,42,44,50,52,56-58,60-63,65-66,68-70H,3-14,16,18-20,22,24-26,28,30-41,43,45-49,51,53-55H2,1-2H3,(H,64,67)/b17-15-,23-21-,29-27-,44-42+,52-50+. The lowest BCUT2D eigenvalue weighted by Crippen LogP contribution is -2.60. The summed E-state index contributed by atoms with van der Waals surface area (Å²) >= 11 is 0. The number of unbranched alkanes of at least 4 members (excludes halogenated alkanes) is 34. The van der Waals surface area contributed by atoms with E-state index >= 15 is 0 Å². The highest BCUT2D eigenvalue weighted by atomic mass is 16.7. The van der Waals surface area contributed by atoms with Crippen molar-refractivity contribution in [1.29, 1.82) is 0 Å². The molecule has 0 aromatic carbocycles. The number of carbonyl (C=O) groups excluding carboxylic acids is 1. The van der Waals surface area contributed by atoms with Gasteiger partial charge >= 0.3 is 0 Å². The third-order valence-electron chi connectivity index (χ3n) is 14.3. The summed E-state index contributed by atoms with van der Waals surface area (Å²) < 4.78 is 11.3. The molecule has 0 spiro atoms. The van der Waals surface area contributed by atoms with Gasteiger partial charge in [-0.05, 0) is 70.6 Å². The number of hydrogen-bond donors (Lipinski definition) is 6. The van der Waals surface area contributed by atoms with Crippen LogP contribution in [0.5, 0.6) is 0 Å². The molecule has 1 rings (SSSR count). The number of aliphatic hydroxyl groups is 5. The molecule has 7 atom stereocenters. The zero-order chi connectivity index (χ0) is 52.2. The molecule has 1 heterocycles. The first-order valence-corrected chi connectivity index (χ1v) is 30.5. The largest absolute Gasteiger partial charge is 0.394 e. The molecule has 9 nitrogen and oxygen atoms in total. The van der Waals surface area contributed by atoms with Crippen molar-refractivity contribution >= 4 is 5.91 Å². The van der Waals surface area contributed by atoms with Crippen molar-refractivity contribution in [2.24, 2.45) is 0 Å². The lowest BCUT2D eigenvalue weighted by molar-refractivity contribution is -0.302. The van der Waals surface area contributed by atoms with E-state index < -0.39 is 49.5 Å². The minimum atomic E-state index is -1.58. The Hall–Kier alpha value is -2.11. The summed E-state index contributed by atoms with van der Waals surface area (Å²) in [5.74, 6) is -0.190. The summed E-state index contributed by atoms with van der Waals surface area (Å²) in [6, 6.07) is -0.827. The molecule has 72 heavy (non-hydrogen) atoms. The topological polar surface area (TPSA) is 149 Å². The molecule has 0 aromatic heterocycles. The quantitative estimate of drug-likeness (QED) is 0.0261. The van der Waals surface area contributed by atoms with Gasteiger partial charge in [-0.1, -0.05) is 261 Å². The second kappa shape index (κ2) is 52.3. The van der Waals surface area contributed by atoms with Crippen molar-refractivity contribution in [1.82, 2.24) is 5.32 Å². The van der Waals surface area contributed by atoms with Crippen LogP contribution in [-0.4, -0.2) is 87.5 Å². The predicted molar refractivity (Wildman–Crippen MR) is 304 cm³/mol. The van der Waals surface area contributed by atoms with E-state index in [1.807, 2.05) is 6.08 Å². The molecule has 1 aliphatic heterocycles. The van der Waals surface area contributed by atoms with Crippen LogP contribution in [0.1, 0.15) is 277 Å². The highest BCUT2D eigenvalue weighted by Crippen LogP contribution is 2.23. The van der Waals surface area contributed by atoms with Crippen molar-refractivity contribution < 1.29 is 39.8 Å². The van der Waals surface area contributed by atoms with Crippen LogP contribution in [0.15, 0.2) is 60.8 Å². The number of ether oxygens (including phenoxy) is 2. The van der Waals surface area contributed by atoms with E-state index in [2.05, 4.69) is 67.8 Å². The van der Waals surface area contributed by atoms with E-state index in [9.17, 15) is 30.3 Å². The Bertz CT molecular complexity index is 1310. The van der Waals surface area contributed by atoms with E-state index in [1.165, 1.54) is 205 Å². The van der Waals surface area contributed by atoms with E-state index in [1.54, 1.807) is 6.08 Å². The van der Waals surface area contributed by atoms with E-state index in [0.29, 0.717) is 6.42 Å². The molecular weight excluding hydrogens is 899 g/mol. The Morgan fingerprint density at radius 3 is 1.26 bits per heavy atom. The molecule has 420 valence electrons.